The van der Waals surface area contributed by atoms with Crippen molar-refractivity contribution in [3.8, 4) is 6.07 Å². The molecule has 1 aromatic rings. The van der Waals surface area contributed by atoms with Gasteiger partial charge in [0.1, 0.15) is 0 Å². The maximum Gasteiger partial charge on any atom is 0.416 e. The second kappa shape index (κ2) is 4.32. The SMILES string of the molecule is N#Cc1ccc(CCN)c(C(F)(F)F)c1. The minimum Gasteiger partial charge on any atom is -0.330 e. The number of nitrogens with zero attached hydrogens (tertiary/aromatic N) is 1. The first-order valence-corrected chi connectivity index (χ1v) is 4.29. The number of rotatable bonds is 2. The molecule has 0 aromatic heterocycles. The molecular weight excluding hydrogens is 205 g/mol. The molecule has 0 fully saturated rings. The Morgan fingerprint density at radius 1 is 1.33 bits per heavy atom. The molecular formula is C10H9F3N2. The van der Waals surface area contributed by atoms with Gasteiger partial charge in [-0.15, -0.1) is 0 Å². The van der Waals surface area contributed by atoms with Gasteiger partial charge in [0.15, 0.2) is 0 Å². The minimum atomic E-state index is -4.43. The highest BCUT2D eigenvalue weighted by atomic mass is 19.4. The number of alkyl halides is 3. The minimum absolute atomic E-state index is 0.00287. The van der Waals surface area contributed by atoms with Crippen molar-refractivity contribution in [3.05, 3.63) is 34.9 Å². The number of halogens is 3. The highest BCUT2D eigenvalue weighted by Gasteiger charge is 2.33. The maximum atomic E-state index is 12.5. The van der Waals surface area contributed by atoms with Crippen LogP contribution < -0.4 is 5.73 Å². The molecule has 80 valence electrons. The van der Waals surface area contributed by atoms with Crippen molar-refractivity contribution >= 4 is 0 Å². The van der Waals surface area contributed by atoms with Gasteiger partial charge in [0.05, 0.1) is 17.2 Å². The van der Waals surface area contributed by atoms with E-state index in [9.17, 15) is 13.2 Å². The fourth-order valence-corrected chi connectivity index (χ4v) is 1.28. The second-order valence-corrected chi connectivity index (χ2v) is 3.02. The lowest BCUT2D eigenvalue weighted by Gasteiger charge is -2.12. The predicted molar refractivity (Wildman–Crippen MR) is 48.9 cm³/mol. The van der Waals surface area contributed by atoms with Gasteiger partial charge in [-0.05, 0) is 30.7 Å². The molecule has 0 atom stereocenters. The van der Waals surface area contributed by atoms with Gasteiger partial charge in [-0.2, -0.15) is 18.4 Å². The largest absolute Gasteiger partial charge is 0.416 e. The van der Waals surface area contributed by atoms with Gasteiger partial charge < -0.3 is 5.73 Å². The van der Waals surface area contributed by atoms with E-state index in [2.05, 4.69) is 0 Å². The maximum absolute atomic E-state index is 12.5. The summed E-state index contributed by atoms with van der Waals surface area (Å²) >= 11 is 0. The summed E-state index contributed by atoms with van der Waals surface area (Å²) in [6.45, 7) is 0.148. The van der Waals surface area contributed by atoms with E-state index < -0.39 is 11.7 Å². The fraction of sp³-hybridized carbons (Fsp3) is 0.300. The van der Waals surface area contributed by atoms with Crippen molar-refractivity contribution in [2.75, 3.05) is 6.54 Å². The van der Waals surface area contributed by atoms with Crippen molar-refractivity contribution in [1.29, 1.82) is 5.26 Å². The Labute approximate surface area is 85.1 Å². The van der Waals surface area contributed by atoms with Crippen LogP contribution >= 0.6 is 0 Å². The van der Waals surface area contributed by atoms with Crippen LogP contribution in [0.1, 0.15) is 16.7 Å². The van der Waals surface area contributed by atoms with Gasteiger partial charge in [-0.1, -0.05) is 6.07 Å². The molecule has 15 heavy (non-hydrogen) atoms. The van der Waals surface area contributed by atoms with Crippen molar-refractivity contribution in [3.63, 3.8) is 0 Å². The zero-order valence-electron chi connectivity index (χ0n) is 7.80. The topological polar surface area (TPSA) is 49.8 Å². The molecule has 0 aliphatic rings. The molecule has 0 aliphatic heterocycles. The van der Waals surface area contributed by atoms with Gasteiger partial charge in [0.2, 0.25) is 0 Å². The average molecular weight is 214 g/mol. The zero-order valence-corrected chi connectivity index (χ0v) is 7.80. The molecule has 1 rings (SSSR count). The lowest BCUT2D eigenvalue weighted by Crippen LogP contribution is -2.12. The van der Waals surface area contributed by atoms with Crippen LogP contribution in [0.5, 0.6) is 0 Å². The quantitative estimate of drug-likeness (QED) is 0.819. The van der Waals surface area contributed by atoms with Crippen LogP contribution in [-0.4, -0.2) is 6.54 Å². The van der Waals surface area contributed by atoms with Gasteiger partial charge >= 0.3 is 6.18 Å². The van der Waals surface area contributed by atoms with Crippen LogP contribution in [0.25, 0.3) is 0 Å². The van der Waals surface area contributed by atoms with Crippen LogP contribution in [0.3, 0.4) is 0 Å². The lowest BCUT2D eigenvalue weighted by atomic mass is 10.0. The Bertz CT molecular complexity index is 391. The average Bonchev–Trinajstić information content (AvgIpc) is 2.17. The first-order chi connectivity index (χ1) is 6.99. The Morgan fingerprint density at radius 3 is 2.47 bits per heavy atom. The first-order valence-electron chi connectivity index (χ1n) is 4.29. The molecule has 0 amide bonds. The summed E-state index contributed by atoms with van der Waals surface area (Å²) in [7, 11) is 0. The molecule has 0 unspecified atom stereocenters. The summed E-state index contributed by atoms with van der Waals surface area (Å²) in [5.41, 5.74) is 4.57. The molecule has 0 radical (unpaired) electrons. The monoisotopic (exact) mass is 214 g/mol. The third-order valence-electron chi connectivity index (χ3n) is 1.96. The van der Waals surface area contributed by atoms with E-state index in [-0.39, 0.29) is 24.1 Å². The first kappa shape index (κ1) is 11.5. The van der Waals surface area contributed by atoms with Gasteiger partial charge in [-0.25, -0.2) is 0 Å². The summed E-state index contributed by atoms with van der Waals surface area (Å²) in [4.78, 5) is 0. The van der Waals surface area contributed by atoms with Crippen LogP contribution in [0.15, 0.2) is 18.2 Å². The lowest BCUT2D eigenvalue weighted by molar-refractivity contribution is -0.138. The van der Waals surface area contributed by atoms with Gasteiger partial charge in [0, 0.05) is 0 Å². The number of nitriles is 1. The molecule has 2 nitrogen and oxygen atoms in total. The molecule has 0 heterocycles. The van der Waals surface area contributed by atoms with Crippen molar-refractivity contribution < 1.29 is 13.2 Å². The number of benzene rings is 1. The van der Waals surface area contributed by atoms with Crippen molar-refractivity contribution in [2.24, 2.45) is 5.73 Å². The van der Waals surface area contributed by atoms with E-state index in [0.717, 1.165) is 6.07 Å². The third kappa shape index (κ3) is 2.70. The van der Waals surface area contributed by atoms with E-state index in [1.807, 2.05) is 0 Å². The van der Waals surface area contributed by atoms with Crippen molar-refractivity contribution in [2.45, 2.75) is 12.6 Å². The molecule has 1 aromatic carbocycles. The Balaban J connectivity index is 3.24. The Morgan fingerprint density at radius 2 is 2.00 bits per heavy atom. The molecule has 0 saturated heterocycles. The van der Waals surface area contributed by atoms with Crippen LogP contribution in [0.2, 0.25) is 0 Å². The number of hydrogen-bond donors (Lipinski definition) is 1. The molecule has 0 bridgehead atoms. The molecule has 2 N–H and O–H groups in total. The zero-order chi connectivity index (χ0) is 11.5. The van der Waals surface area contributed by atoms with Crippen LogP contribution in [0, 0.1) is 11.3 Å². The molecule has 0 spiro atoms. The molecule has 5 heteroatoms. The van der Waals surface area contributed by atoms with Gasteiger partial charge in [0.25, 0.3) is 0 Å². The third-order valence-corrected chi connectivity index (χ3v) is 1.96. The highest BCUT2D eigenvalue weighted by molar-refractivity contribution is 5.39. The molecule has 0 aliphatic carbocycles. The summed E-state index contributed by atoms with van der Waals surface area (Å²) in [6.07, 6.45) is -4.28. The summed E-state index contributed by atoms with van der Waals surface area (Å²) in [5.74, 6) is 0. The van der Waals surface area contributed by atoms with Crippen molar-refractivity contribution in [1.82, 2.24) is 0 Å². The predicted octanol–water partition coefficient (Wildman–Crippen LogP) is 2.08. The number of nitrogens with two attached hydrogens (primary N) is 1. The normalized spacial score (nSPS) is 11.1. The Hall–Kier alpha value is -1.54. The second-order valence-electron chi connectivity index (χ2n) is 3.02. The van der Waals surface area contributed by atoms with Crippen LogP contribution in [-0.2, 0) is 12.6 Å². The molecule has 0 saturated carbocycles. The number of hydrogen-bond acceptors (Lipinski definition) is 2. The smallest absolute Gasteiger partial charge is 0.330 e. The van der Waals surface area contributed by atoms with E-state index in [1.54, 1.807) is 6.07 Å². The highest BCUT2D eigenvalue weighted by Crippen LogP contribution is 2.32. The van der Waals surface area contributed by atoms with Gasteiger partial charge in [-0.3, -0.25) is 0 Å². The standard InChI is InChI=1S/C10H9F3N2/c11-10(12,13)9-5-7(6-15)1-2-8(9)3-4-14/h1-2,5H,3-4,14H2. The Kier molecular flexibility index (Phi) is 3.32. The van der Waals surface area contributed by atoms with Crippen LogP contribution in [0.4, 0.5) is 13.2 Å². The summed E-state index contributed by atoms with van der Waals surface area (Å²) < 4.78 is 37.6. The summed E-state index contributed by atoms with van der Waals surface area (Å²) in [6, 6.07) is 5.19. The fourth-order valence-electron chi connectivity index (χ4n) is 1.28. The van der Waals surface area contributed by atoms with E-state index in [4.69, 9.17) is 11.0 Å². The summed E-state index contributed by atoms with van der Waals surface area (Å²) in [5, 5.41) is 8.51. The van der Waals surface area contributed by atoms with E-state index >= 15 is 0 Å². The van der Waals surface area contributed by atoms with E-state index in [1.165, 1.54) is 12.1 Å². The van der Waals surface area contributed by atoms with E-state index in [0.29, 0.717) is 0 Å².